The molecule has 0 radical (unpaired) electrons. The van der Waals surface area contributed by atoms with Crippen LogP contribution in [0, 0.1) is 24.6 Å². The van der Waals surface area contributed by atoms with Gasteiger partial charge in [-0.1, -0.05) is 25.1 Å². The molecule has 4 heteroatoms. The third-order valence-corrected chi connectivity index (χ3v) is 7.54. The van der Waals surface area contributed by atoms with Crippen molar-refractivity contribution < 1.29 is 13.9 Å². The summed E-state index contributed by atoms with van der Waals surface area (Å²) in [5.74, 6) is 1.28. The molecule has 1 amide bonds. The first kappa shape index (κ1) is 18.7. The summed E-state index contributed by atoms with van der Waals surface area (Å²) in [5, 5.41) is 3.15. The lowest BCUT2D eigenvalue weighted by atomic mass is 9.65. The van der Waals surface area contributed by atoms with E-state index in [9.17, 15) is 9.18 Å². The van der Waals surface area contributed by atoms with Gasteiger partial charge in [0.2, 0.25) is 5.91 Å². The van der Waals surface area contributed by atoms with Crippen molar-refractivity contribution in [1.29, 1.82) is 0 Å². The Bertz CT molecular complexity index is 961. The second-order valence-corrected chi connectivity index (χ2v) is 9.30. The summed E-state index contributed by atoms with van der Waals surface area (Å²) < 4.78 is 19.5. The van der Waals surface area contributed by atoms with Crippen LogP contribution in [0.5, 0.6) is 5.75 Å². The number of fused-ring (bicyclic) bond motifs is 3. The van der Waals surface area contributed by atoms with Gasteiger partial charge in [-0.25, -0.2) is 4.39 Å². The Morgan fingerprint density at radius 1 is 1.21 bits per heavy atom. The predicted molar refractivity (Wildman–Crippen MR) is 110 cm³/mol. The second kappa shape index (κ2) is 6.86. The molecular formula is C25H28FNO2. The van der Waals surface area contributed by atoms with Crippen LogP contribution in [0.1, 0.15) is 60.9 Å². The number of hydrogen-bond acceptors (Lipinski definition) is 2. The molecule has 1 saturated carbocycles. The molecule has 1 N–H and O–H groups in total. The van der Waals surface area contributed by atoms with Crippen LogP contribution < -0.4 is 10.1 Å². The van der Waals surface area contributed by atoms with Gasteiger partial charge in [0.05, 0.1) is 12.6 Å². The quantitative estimate of drug-likeness (QED) is 0.797. The Morgan fingerprint density at radius 3 is 2.79 bits per heavy atom. The van der Waals surface area contributed by atoms with Crippen molar-refractivity contribution in [3.05, 3.63) is 64.5 Å². The van der Waals surface area contributed by atoms with Gasteiger partial charge < -0.3 is 10.1 Å². The Labute approximate surface area is 171 Å². The fourth-order valence-electron chi connectivity index (χ4n) is 5.51. The first-order valence-electron chi connectivity index (χ1n) is 10.8. The van der Waals surface area contributed by atoms with Gasteiger partial charge in [0.1, 0.15) is 11.6 Å². The molecule has 1 aliphatic heterocycles. The lowest BCUT2D eigenvalue weighted by molar-refractivity contribution is -0.127. The van der Waals surface area contributed by atoms with Gasteiger partial charge in [0.25, 0.3) is 0 Å². The molecule has 0 saturated heterocycles. The summed E-state index contributed by atoms with van der Waals surface area (Å²) in [4.78, 5) is 12.9. The second-order valence-electron chi connectivity index (χ2n) is 9.30. The molecule has 1 heterocycles. The van der Waals surface area contributed by atoms with Crippen LogP contribution in [0.4, 0.5) is 4.39 Å². The number of hydrogen-bond donors (Lipinski definition) is 1. The minimum atomic E-state index is -0.234. The van der Waals surface area contributed by atoms with Crippen LogP contribution in [-0.2, 0) is 16.6 Å². The van der Waals surface area contributed by atoms with Crippen LogP contribution in [-0.4, -0.2) is 12.5 Å². The smallest absolute Gasteiger partial charge is 0.223 e. The van der Waals surface area contributed by atoms with Gasteiger partial charge in [-0.3, -0.25) is 4.79 Å². The van der Waals surface area contributed by atoms with Crippen LogP contribution in [0.2, 0.25) is 0 Å². The van der Waals surface area contributed by atoms with E-state index in [1.54, 1.807) is 6.07 Å². The van der Waals surface area contributed by atoms with E-state index in [4.69, 9.17) is 4.74 Å². The molecule has 2 aliphatic carbocycles. The third-order valence-electron chi connectivity index (χ3n) is 7.54. The molecule has 3 nitrogen and oxygen atoms in total. The highest BCUT2D eigenvalue weighted by Gasteiger charge is 2.45. The monoisotopic (exact) mass is 393 g/mol. The lowest BCUT2D eigenvalue weighted by Gasteiger charge is -2.39. The average molecular weight is 394 g/mol. The van der Waals surface area contributed by atoms with Crippen molar-refractivity contribution in [3.8, 4) is 5.75 Å². The summed E-state index contributed by atoms with van der Waals surface area (Å²) in [6, 6.07) is 11.4. The molecule has 2 aromatic rings. The highest BCUT2D eigenvalue weighted by atomic mass is 19.1. The van der Waals surface area contributed by atoms with Gasteiger partial charge in [-0.15, -0.1) is 0 Å². The number of rotatable bonds is 3. The van der Waals surface area contributed by atoms with Crippen LogP contribution >= 0.6 is 0 Å². The van der Waals surface area contributed by atoms with Gasteiger partial charge >= 0.3 is 0 Å². The van der Waals surface area contributed by atoms with Crippen molar-refractivity contribution in [1.82, 2.24) is 5.32 Å². The van der Waals surface area contributed by atoms with Gasteiger partial charge in [-0.2, -0.15) is 0 Å². The zero-order chi connectivity index (χ0) is 20.2. The molecule has 2 atom stereocenters. The summed E-state index contributed by atoms with van der Waals surface area (Å²) in [6.45, 7) is 4.91. The fourth-order valence-corrected chi connectivity index (χ4v) is 5.51. The van der Waals surface area contributed by atoms with Crippen LogP contribution in [0.25, 0.3) is 0 Å². The maximum Gasteiger partial charge on any atom is 0.223 e. The SMILES string of the molecule is Cc1ccc2c(c1)OCC21CCC([C@H](C)C(=O)N[C@@H]2Cc3ccc(F)cc32)CC1. The van der Waals surface area contributed by atoms with E-state index < -0.39 is 0 Å². The number of aryl methyl sites for hydroxylation is 1. The molecule has 1 fully saturated rings. The molecule has 0 bridgehead atoms. The zero-order valence-electron chi connectivity index (χ0n) is 17.1. The van der Waals surface area contributed by atoms with Crippen LogP contribution in [0.3, 0.4) is 0 Å². The minimum Gasteiger partial charge on any atom is -0.492 e. The maximum atomic E-state index is 13.5. The standard InChI is InChI=1S/C25H28FNO2/c1-15-3-6-21-23(11-15)29-14-25(21)9-7-17(8-10-25)16(2)24(28)27-22-12-18-4-5-19(26)13-20(18)22/h3-6,11,13,16-17,22H,7-10,12,14H2,1-2H3,(H,27,28)/t16-,17?,22+,25?/m0/s1. The Hall–Kier alpha value is -2.36. The molecule has 152 valence electrons. The molecule has 0 unspecified atom stereocenters. The van der Waals surface area contributed by atoms with E-state index in [-0.39, 0.29) is 29.1 Å². The maximum absolute atomic E-state index is 13.5. The van der Waals surface area contributed by atoms with Crippen LogP contribution in [0.15, 0.2) is 36.4 Å². The highest BCUT2D eigenvalue weighted by Crippen LogP contribution is 2.50. The molecule has 29 heavy (non-hydrogen) atoms. The molecule has 2 aromatic carbocycles. The van der Waals surface area contributed by atoms with E-state index in [0.717, 1.165) is 55.6 Å². The number of benzene rings is 2. The van der Waals surface area contributed by atoms with E-state index in [0.29, 0.717) is 5.92 Å². The highest BCUT2D eigenvalue weighted by molar-refractivity contribution is 5.79. The van der Waals surface area contributed by atoms with E-state index in [1.807, 2.05) is 13.0 Å². The number of ether oxygens (including phenoxy) is 1. The summed E-state index contributed by atoms with van der Waals surface area (Å²) in [6.07, 6.45) is 5.03. The predicted octanol–water partition coefficient (Wildman–Crippen LogP) is 5.00. The Balaban J connectivity index is 1.21. The normalized spacial score (nSPS) is 28.1. The Morgan fingerprint density at radius 2 is 2.00 bits per heavy atom. The molecule has 5 rings (SSSR count). The summed E-state index contributed by atoms with van der Waals surface area (Å²) in [5.41, 5.74) is 4.78. The first-order chi connectivity index (χ1) is 13.9. The van der Waals surface area contributed by atoms with Crippen molar-refractivity contribution in [3.63, 3.8) is 0 Å². The van der Waals surface area contributed by atoms with E-state index in [1.165, 1.54) is 17.2 Å². The summed E-state index contributed by atoms with van der Waals surface area (Å²) in [7, 11) is 0. The molecule has 3 aliphatic rings. The average Bonchev–Trinajstić information content (AvgIpc) is 3.05. The first-order valence-corrected chi connectivity index (χ1v) is 10.8. The van der Waals surface area contributed by atoms with Crippen molar-refractivity contribution in [2.45, 2.75) is 57.4 Å². The number of nitrogens with one attached hydrogen (secondary N) is 1. The van der Waals surface area contributed by atoms with Gasteiger partial charge in [0.15, 0.2) is 0 Å². The number of halogens is 1. The van der Waals surface area contributed by atoms with Gasteiger partial charge in [-0.05, 0) is 79.8 Å². The number of carbonyl (C=O) groups is 1. The van der Waals surface area contributed by atoms with Crippen molar-refractivity contribution in [2.24, 2.45) is 11.8 Å². The van der Waals surface area contributed by atoms with E-state index in [2.05, 4.69) is 30.4 Å². The van der Waals surface area contributed by atoms with Crippen molar-refractivity contribution >= 4 is 5.91 Å². The number of amides is 1. The Kier molecular flexibility index (Phi) is 4.41. The summed E-state index contributed by atoms with van der Waals surface area (Å²) >= 11 is 0. The van der Waals surface area contributed by atoms with Gasteiger partial charge in [0, 0.05) is 16.9 Å². The molecule has 0 aromatic heterocycles. The largest absolute Gasteiger partial charge is 0.492 e. The van der Waals surface area contributed by atoms with E-state index >= 15 is 0 Å². The number of carbonyl (C=O) groups excluding carboxylic acids is 1. The third kappa shape index (κ3) is 3.13. The minimum absolute atomic E-state index is 0.0234. The lowest BCUT2D eigenvalue weighted by Crippen LogP contribution is -2.42. The fraction of sp³-hybridized carbons (Fsp3) is 0.480. The molecular weight excluding hydrogens is 365 g/mol. The molecule has 1 spiro atoms. The van der Waals surface area contributed by atoms with Crippen molar-refractivity contribution in [2.75, 3.05) is 6.61 Å². The zero-order valence-corrected chi connectivity index (χ0v) is 17.1. The topological polar surface area (TPSA) is 38.3 Å².